The van der Waals surface area contributed by atoms with E-state index in [1.807, 2.05) is 11.6 Å². The van der Waals surface area contributed by atoms with Gasteiger partial charge in [-0.05, 0) is 31.4 Å². The fourth-order valence-electron chi connectivity index (χ4n) is 1.84. The number of hydrogen-bond acceptors (Lipinski definition) is 3. The van der Waals surface area contributed by atoms with Gasteiger partial charge >= 0.3 is 0 Å². The zero-order chi connectivity index (χ0) is 9.42. The first-order chi connectivity index (χ1) is 6.18. The monoisotopic (exact) mass is 200 g/mol. The van der Waals surface area contributed by atoms with E-state index in [0.717, 1.165) is 25.1 Å². The molecule has 0 aromatic carbocycles. The lowest BCUT2D eigenvalue weighted by molar-refractivity contribution is 0.321. The highest BCUT2D eigenvalue weighted by molar-refractivity contribution is 6.28. The number of fused-ring (bicyclic) bond motifs is 1. The van der Waals surface area contributed by atoms with Crippen LogP contribution in [-0.2, 0) is 6.42 Å². The molecule has 1 aliphatic heterocycles. The zero-order valence-corrected chi connectivity index (χ0v) is 8.33. The minimum atomic E-state index is 0.108. The summed E-state index contributed by atoms with van der Waals surface area (Å²) in [5.74, 6) is 0.971. The molecule has 0 fully saturated rings. The Balaban J connectivity index is 2.36. The maximum atomic E-state index is 5.86. The molecule has 1 aromatic heterocycles. The normalized spacial score (nSPS) is 24.1. The van der Waals surface area contributed by atoms with Crippen LogP contribution < -0.4 is 5.73 Å². The Bertz CT molecular complexity index is 307. The van der Waals surface area contributed by atoms with Crippen LogP contribution in [-0.4, -0.2) is 20.8 Å². The summed E-state index contributed by atoms with van der Waals surface area (Å²) in [6.45, 7) is 2.00. The van der Waals surface area contributed by atoms with Crippen molar-refractivity contribution >= 4 is 11.6 Å². The Hall–Kier alpha value is -0.610. The third kappa shape index (κ3) is 1.56. The molecule has 2 unspecified atom stereocenters. The molecule has 2 heterocycles. The van der Waals surface area contributed by atoms with E-state index in [1.54, 1.807) is 0 Å². The minimum Gasteiger partial charge on any atom is -0.326 e. The molecular formula is C8H13ClN4. The molecule has 0 spiro atoms. The van der Waals surface area contributed by atoms with Crippen LogP contribution in [0, 0.1) is 0 Å². The summed E-state index contributed by atoms with van der Waals surface area (Å²) in [5.41, 5.74) is 5.86. The summed E-state index contributed by atoms with van der Waals surface area (Å²) in [4.78, 5) is 4.15. The molecule has 1 aromatic rings. The van der Waals surface area contributed by atoms with Crippen LogP contribution in [0.5, 0.6) is 0 Å². The van der Waals surface area contributed by atoms with Gasteiger partial charge in [0.25, 0.3) is 0 Å². The van der Waals surface area contributed by atoms with Crippen LogP contribution in [0.3, 0.4) is 0 Å². The quantitative estimate of drug-likeness (QED) is 0.740. The third-order valence-corrected chi connectivity index (χ3v) is 2.66. The van der Waals surface area contributed by atoms with E-state index in [2.05, 4.69) is 10.1 Å². The van der Waals surface area contributed by atoms with Crippen molar-refractivity contribution in [3.8, 4) is 0 Å². The summed E-state index contributed by atoms with van der Waals surface area (Å²) in [6, 6.07) is 0.376. The van der Waals surface area contributed by atoms with E-state index in [4.69, 9.17) is 17.3 Å². The van der Waals surface area contributed by atoms with Crippen LogP contribution in [0.25, 0.3) is 0 Å². The molecule has 1 aliphatic rings. The van der Waals surface area contributed by atoms with E-state index in [1.165, 1.54) is 0 Å². The average Bonchev–Trinajstić information content (AvgIpc) is 2.43. The molecule has 13 heavy (non-hydrogen) atoms. The summed E-state index contributed by atoms with van der Waals surface area (Å²) < 4.78 is 1.89. The lowest BCUT2D eigenvalue weighted by Crippen LogP contribution is -2.33. The van der Waals surface area contributed by atoms with E-state index >= 15 is 0 Å². The Labute approximate surface area is 82.1 Å². The number of halogens is 1. The van der Waals surface area contributed by atoms with E-state index < -0.39 is 0 Å². The van der Waals surface area contributed by atoms with Gasteiger partial charge in [-0.1, -0.05) is 0 Å². The van der Waals surface area contributed by atoms with Gasteiger partial charge in [-0.15, -0.1) is 5.10 Å². The van der Waals surface area contributed by atoms with Gasteiger partial charge in [-0.25, -0.2) is 9.67 Å². The molecule has 72 valence electrons. The first kappa shape index (κ1) is 8.97. The number of aryl methyl sites for hydroxylation is 1. The van der Waals surface area contributed by atoms with Gasteiger partial charge in [-0.3, -0.25) is 0 Å². The average molecular weight is 201 g/mol. The van der Waals surface area contributed by atoms with Crippen LogP contribution >= 0.6 is 11.6 Å². The molecule has 0 radical (unpaired) electrons. The largest absolute Gasteiger partial charge is 0.326 e. The molecule has 2 atom stereocenters. The number of aromatic nitrogens is 3. The molecule has 0 saturated carbocycles. The van der Waals surface area contributed by atoms with Gasteiger partial charge < -0.3 is 5.73 Å². The summed E-state index contributed by atoms with van der Waals surface area (Å²) >= 11 is 5.74. The van der Waals surface area contributed by atoms with E-state index in [-0.39, 0.29) is 12.1 Å². The lowest BCUT2D eigenvalue weighted by Gasteiger charge is -2.26. The summed E-state index contributed by atoms with van der Waals surface area (Å²) in [5, 5.41) is 4.48. The lowest BCUT2D eigenvalue weighted by atomic mass is 10.00. The topological polar surface area (TPSA) is 56.7 Å². The summed E-state index contributed by atoms with van der Waals surface area (Å²) in [7, 11) is 0. The fourth-order valence-corrected chi connectivity index (χ4v) is 2.02. The SMILES string of the molecule is CC(N)C1CCCc2nc(Cl)nn21. The maximum Gasteiger partial charge on any atom is 0.242 e. The highest BCUT2D eigenvalue weighted by atomic mass is 35.5. The van der Waals surface area contributed by atoms with Gasteiger partial charge in [0.05, 0.1) is 6.04 Å². The van der Waals surface area contributed by atoms with Crippen molar-refractivity contribution in [2.45, 2.75) is 38.3 Å². The van der Waals surface area contributed by atoms with Crippen molar-refractivity contribution in [1.82, 2.24) is 14.8 Å². The van der Waals surface area contributed by atoms with Gasteiger partial charge in [0.15, 0.2) is 0 Å². The molecule has 0 saturated heterocycles. The second kappa shape index (κ2) is 3.27. The number of rotatable bonds is 1. The van der Waals surface area contributed by atoms with E-state index in [0.29, 0.717) is 5.28 Å². The maximum absolute atomic E-state index is 5.86. The minimum absolute atomic E-state index is 0.108. The molecule has 0 amide bonds. The van der Waals surface area contributed by atoms with Crippen molar-refractivity contribution in [1.29, 1.82) is 0 Å². The Morgan fingerprint density at radius 1 is 1.69 bits per heavy atom. The standard InChI is InChI=1S/C8H13ClN4/c1-5(10)6-3-2-4-7-11-8(9)12-13(6)7/h5-6H,2-4,10H2,1H3. The van der Waals surface area contributed by atoms with Crippen molar-refractivity contribution < 1.29 is 0 Å². The van der Waals surface area contributed by atoms with Crippen LogP contribution in [0.1, 0.15) is 31.6 Å². The Kier molecular flexibility index (Phi) is 2.26. The Morgan fingerprint density at radius 2 is 2.46 bits per heavy atom. The van der Waals surface area contributed by atoms with Gasteiger partial charge in [-0.2, -0.15) is 0 Å². The van der Waals surface area contributed by atoms with Gasteiger partial charge in [0, 0.05) is 12.5 Å². The highest BCUT2D eigenvalue weighted by Crippen LogP contribution is 2.25. The first-order valence-corrected chi connectivity index (χ1v) is 4.93. The van der Waals surface area contributed by atoms with Crippen LogP contribution in [0.4, 0.5) is 0 Å². The van der Waals surface area contributed by atoms with Crippen molar-refractivity contribution in [3.05, 3.63) is 11.1 Å². The molecule has 2 rings (SSSR count). The van der Waals surface area contributed by atoms with Gasteiger partial charge in [0.2, 0.25) is 5.28 Å². The predicted molar refractivity (Wildman–Crippen MR) is 50.7 cm³/mol. The molecule has 2 N–H and O–H groups in total. The van der Waals surface area contributed by atoms with Crippen LogP contribution in [0.2, 0.25) is 5.28 Å². The molecular weight excluding hydrogens is 188 g/mol. The van der Waals surface area contributed by atoms with Crippen molar-refractivity contribution in [2.24, 2.45) is 5.73 Å². The van der Waals surface area contributed by atoms with Gasteiger partial charge in [0.1, 0.15) is 5.82 Å². The smallest absolute Gasteiger partial charge is 0.242 e. The third-order valence-electron chi connectivity index (χ3n) is 2.50. The molecule has 4 nitrogen and oxygen atoms in total. The summed E-state index contributed by atoms with van der Waals surface area (Å²) in [6.07, 6.45) is 3.16. The first-order valence-electron chi connectivity index (χ1n) is 4.55. The second-order valence-corrected chi connectivity index (χ2v) is 3.90. The molecule has 5 heteroatoms. The van der Waals surface area contributed by atoms with Crippen LogP contribution in [0.15, 0.2) is 0 Å². The van der Waals surface area contributed by atoms with Crippen molar-refractivity contribution in [2.75, 3.05) is 0 Å². The Morgan fingerprint density at radius 3 is 3.15 bits per heavy atom. The number of hydrogen-bond donors (Lipinski definition) is 1. The fraction of sp³-hybridized carbons (Fsp3) is 0.750. The van der Waals surface area contributed by atoms with Crippen molar-refractivity contribution in [3.63, 3.8) is 0 Å². The molecule has 0 bridgehead atoms. The predicted octanol–water partition coefficient (Wildman–Crippen LogP) is 1.16. The highest BCUT2D eigenvalue weighted by Gasteiger charge is 2.25. The second-order valence-electron chi connectivity index (χ2n) is 3.56. The molecule has 0 aliphatic carbocycles. The zero-order valence-electron chi connectivity index (χ0n) is 7.57. The number of nitrogens with zero attached hydrogens (tertiary/aromatic N) is 3. The number of nitrogens with two attached hydrogens (primary N) is 1. The van der Waals surface area contributed by atoms with E-state index in [9.17, 15) is 0 Å².